The van der Waals surface area contributed by atoms with E-state index in [0.29, 0.717) is 6.08 Å². The van der Waals surface area contributed by atoms with Crippen LogP contribution < -0.4 is 0 Å². The summed E-state index contributed by atoms with van der Waals surface area (Å²) in [5, 5.41) is 0.883. The smallest absolute Gasteiger partial charge is 0.394 e. The molecule has 210 valence electrons. The first kappa shape index (κ1) is 33.3. The summed E-state index contributed by atoms with van der Waals surface area (Å²) in [5.74, 6) is -51.9. The normalized spacial score (nSPS) is 16.2. The van der Waals surface area contributed by atoms with Crippen molar-refractivity contribution < 1.29 is 88.2 Å². The van der Waals surface area contributed by atoms with E-state index in [9.17, 15) is 83.1 Å². The standard InChI is InChI=1S/C13H10F17NO3S/c1-2-3-31(4-5-32)35(33,34)13(29,30)11(24,25)9(20,21)7(16,17)6(14,15)8(18,19)10(22,23)12(26,27)28/h2-3,32H,4-5H2,1H3/b3-2+. The highest BCUT2D eigenvalue weighted by molar-refractivity contribution is 7.90. The SMILES string of the molecule is C/C=C/N(CCO)S(=O)(=O)C(F)(F)C(F)(F)C(F)(F)C(F)(F)C(F)(F)C(F)(F)C(F)(F)C(F)(F)F. The summed E-state index contributed by atoms with van der Waals surface area (Å²) in [7, 11) is -7.43. The maximum atomic E-state index is 13.9. The molecule has 0 rings (SSSR count). The summed E-state index contributed by atoms with van der Waals surface area (Å²) in [6.07, 6.45) is -7.67. The zero-order valence-corrected chi connectivity index (χ0v) is 16.9. The molecule has 0 aromatic carbocycles. The van der Waals surface area contributed by atoms with Gasteiger partial charge in [-0.05, 0) is 6.92 Å². The first-order valence-electron chi connectivity index (χ1n) is 7.98. The van der Waals surface area contributed by atoms with Gasteiger partial charge in [-0.1, -0.05) is 6.08 Å². The monoisotopic (exact) mass is 583 g/mol. The Hall–Kier alpha value is -1.74. The molecule has 0 aliphatic rings. The molecule has 0 fully saturated rings. The van der Waals surface area contributed by atoms with Crippen LogP contribution >= 0.6 is 0 Å². The Morgan fingerprint density at radius 2 is 0.943 bits per heavy atom. The Morgan fingerprint density at radius 1 is 0.629 bits per heavy atom. The van der Waals surface area contributed by atoms with Crippen molar-refractivity contribution in [3.8, 4) is 0 Å². The van der Waals surface area contributed by atoms with Gasteiger partial charge in [0, 0.05) is 6.20 Å². The minimum atomic E-state index is -8.89. The minimum absolute atomic E-state index is 0.168. The molecule has 0 saturated heterocycles. The average Bonchev–Trinajstić information content (AvgIpc) is 2.65. The van der Waals surface area contributed by atoms with E-state index in [1.54, 1.807) is 0 Å². The second-order valence-electron chi connectivity index (χ2n) is 6.28. The van der Waals surface area contributed by atoms with E-state index in [2.05, 4.69) is 0 Å². The third-order valence-corrected chi connectivity index (χ3v) is 5.79. The summed E-state index contributed by atoms with van der Waals surface area (Å²) < 4.78 is 246. The summed E-state index contributed by atoms with van der Waals surface area (Å²) >= 11 is 0. The predicted molar refractivity (Wildman–Crippen MR) is 78.2 cm³/mol. The van der Waals surface area contributed by atoms with Crippen LogP contribution in [0, 0.1) is 0 Å². The van der Waals surface area contributed by atoms with Crippen molar-refractivity contribution >= 4 is 10.0 Å². The van der Waals surface area contributed by atoms with Gasteiger partial charge in [-0.3, -0.25) is 4.31 Å². The van der Waals surface area contributed by atoms with Crippen LogP contribution in [0.15, 0.2) is 12.3 Å². The second kappa shape index (κ2) is 8.98. The Balaban J connectivity index is 7.07. The highest BCUT2D eigenvalue weighted by atomic mass is 32.2. The van der Waals surface area contributed by atoms with Gasteiger partial charge < -0.3 is 5.11 Å². The lowest BCUT2D eigenvalue weighted by molar-refractivity contribution is -0.458. The van der Waals surface area contributed by atoms with Gasteiger partial charge >= 0.3 is 57.0 Å². The lowest BCUT2D eigenvalue weighted by Crippen LogP contribution is -2.75. The molecule has 0 aromatic rings. The number of aliphatic hydroxyl groups excluding tert-OH is 1. The molecule has 22 heteroatoms. The molecule has 0 saturated carbocycles. The Morgan fingerprint density at radius 3 is 1.23 bits per heavy atom. The lowest BCUT2D eigenvalue weighted by Gasteiger charge is -2.42. The average molecular weight is 583 g/mol. The third kappa shape index (κ3) is 4.37. The molecule has 35 heavy (non-hydrogen) atoms. The number of halogens is 17. The first-order valence-corrected chi connectivity index (χ1v) is 9.42. The van der Waals surface area contributed by atoms with Gasteiger partial charge in [0.05, 0.1) is 13.2 Å². The molecule has 0 aromatic heterocycles. The van der Waals surface area contributed by atoms with Crippen LogP contribution in [0.5, 0.6) is 0 Å². The molecule has 4 nitrogen and oxygen atoms in total. The van der Waals surface area contributed by atoms with Crippen LogP contribution in [0.25, 0.3) is 0 Å². The topological polar surface area (TPSA) is 57.6 Å². The fourth-order valence-corrected chi connectivity index (χ4v) is 3.35. The highest BCUT2D eigenvalue weighted by Gasteiger charge is 2.96. The van der Waals surface area contributed by atoms with E-state index in [0.717, 1.165) is 6.92 Å². The molecule has 0 radical (unpaired) electrons. The molecule has 0 atom stereocenters. The molecule has 0 bridgehead atoms. The maximum Gasteiger partial charge on any atom is 0.460 e. The van der Waals surface area contributed by atoms with Gasteiger partial charge in [0.25, 0.3) is 0 Å². The van der Waals surface area contributed by atoms with Gasteiger partial charge in [-0.15, -0.1) is 0 Å². The number of hydrogen-bond acceptors (Lipinski definition) is 3. The van der Waals surface area contributed by atoms with Gasteiger partial charge in [-0.2, -0.15) is 83.1 Å². The number of nitrogens with zero attached hydrogens (tertiary/aromatic N) is 1. The van der Waals surface area contributed by atoms with E-state index < -0.39 is 74.4 Å². The van der Waals surface area contributed by atoms with Crippen molar-refractivity contribution in [1.82, 2.24) is 4.31 Å². The van der Waals surface area contributed by atoms with Crippen molar-refractivity contribution in [2.75, 3.05) is 13.2 Å². The summed E-state index contributed by atoms with van der Waals surface area (Å²) in [6.45, 7) is -2.48. The van der Waals surface area contributed by atoms with Crippen LogP contribution in [0.1, 0.15) is 6.92 Å². The largest absolute Gasteiger partial charge is 0.460 e. The van der Waals surface area contributed by atoms with Crippen LogP contribution in [0.3, 0.4) is 0 Å². The summed E-state index contributed by atoms with van der Waals surface area (Å²) in [5.41, 5.74) is 0. The Bertz CT molecular complexity index is 893. The number of sulfonamides is 1. The van der Waals surface area contributed by atoms with E-state index in [-0.39, 0.29) is 6.20 Å². The molecule has 0 heterocycles. The quantitative estimate of drug-likeness (QED) is 0.344. The molecule has 0 aliphatic carbocycles. The van der Waals surface area contributed by atoms with Crippen LogP contribution in [0.2, 0.25) is 0 Å². The number of hydrogen-bond donors (Lipinski definition) is 1. The van der Waals surface area contributed by atoms with Crippen molar-refractivity contribution in [2.24, 2.45) is 0 Å². The van der Waals surface area contributed by atoms with Crippen molar-refractivity contribution in [1.29, 1.82) is 0 Å². The van der Waals surface area contributed by atoms with Gasteiger partial charge in [0.2, 0.25) is 0 Å². The fraction of sp³-hybridized carbons (Fsp3) is 0.846. The number of rotatable bonds is 11. The molecular formula is C13H10F17NO3S. The van der Waals surface area contributed by atoms with Gasteiger partial charge in [0.15, 0.2) is 0 Å². The zero-order chi connectivity index (χ0) is 28.9. The van der Waals surface area contributed by atoms with E-state index in [1.807, 2.05) is 0 Å². The van der Waals surface area contributed by atoms with E-state index in [4.69, 9.17) is 5.11 Å². The molecule has 0 aliphatic heterocycles. The number of alkyl halides is 17. The van der Waals surface area contributed by atoms with Crippen LogP contribution in [-0.2, 0) is 10.0 Å². The number of allylic oxidation sites excluding steroid dienone is 1. The van der Waals surface area contributed by atoms with Crippen LogP contribution in [0.4, 0.5) is 74.6 Å². The van der Waals surface area contributed by atoms with Crippen LogP contribution in [-0.4, -0.2) is 77.9 Å². The zero-order valence-electron chi connectivity index (χ0n) is 16.1. The third-order valence-electron chi connectivity index (χ3n) is 3.96. The maximum absolute atomic E-state index is 13.9. The van der Waals surface area contributed by atoms with E-state index in [1.165, 1.54) is 0 Å². The van der Waals surface area contributed by atoms with Gasteiger partial charge in [0.1, 0.15) is 0 Å². The highest BCUT2D eigenvalue weighted by Crippen LogP contribution is 2.64. The molecule has 1 N–H and O–H groups in total. The van der Waals surface area contributed by atoms with Gasteiger partial charge in [-0.25, -0.2) is 0 Å². The Labute approximate surface area is 183 Å². The summed E-state index contributed by atoms with van der Waals surface area (Å²) in [4.78, 5) is 0. The molecule has 0 unspecified atom stereocenters. The molecule has 0 spiro atoms. The molecule has 0 amide bonds. The molecular weight excluding hydrogens is 573 g/mol. The fourth-order valence-electron chi connectivity index (χ4n) is 2.00. The van der Waals surface area contributed by atoms with Crippen molar-refractivity contribution in [2.45, 2.75) is 53.9 Å². The lowest BCUT2D eigenvalue weighted by atomic mass is 9.91. The van der Waals surface area contributed by atoms with E-state index >= 15 is 0 Å². The summed E-state index contributed by atoms with van der Waals surface area (Å²) in [6, 6.07) is 0. The van der Waals surface area contributed by atoms with Crippen molar-refractivity contribution in [3.63, 3.8) is 0 Å². The predicted octanol–water partition coefficient (Wildman–Crippen LogP) is 5.11. The van der Waals surface area contributed by atoms with Crippen molar-refractivity contribution in [3.05, 3.63) is 12.3 Å². The Kier molecular flexibility index (Phi) is 8.53. The second-order valence-corrected chi connectivity index (χ2v) is 8.21. The first-order chi connectivity index (χ1) is 15.0. The minimum Gasteiger partial charge on any atom is -0.394 e. The number of aliphatic hydroxyl groups is 1.